The molecule has 0 aliphatic rings. The van der Waals surface area contributed by atoms with Gasteiger partial charge in [-0.1, -0.05) is 12.1 Å². The molecule has 0 aliphatic carbocycles. The highest BCUT2D eigenvalue weighted by Gasteiger charge is 2.14. The first-order valence-corrected chi connectivity index (χ1v) is 8.80. The summed E-state index contributed by atoms with van der Waals surface area (Å²) in [6.07, 6.45) is 2.53. The maximum Gasteiger partial charge on any atom is 0.172 e. The van der Waals surface area contributed by atoms with E-state index in [1.165, 1.54) is 22.7 Å². The first kappa shape index (κ1) is 16.1. The van der Waals surface area contributed by atoms with Gasteiger partial charge in [0.1, 0.15) is 0 Å². The van der Waals surface area contributed by atoms with Gasteiger partial charge in [-0.05, 0) is 48.2 Å². The third-order valence-corrected chi connectivity index (χ3v) is 5.31. The number of ketones is 2. The summed E-state index contributed by atoms with van der Waals surface area (Å²) in [6.45, 7) is 0.523. The van der Waals surface area contributed by atoms with Gasteiger partial charge in [0.05, 0.1) is 9.75 Å². The van der Waals surface area contributed by atoms with Gasteiger partial charge >= 0.3 is 0 Å². The monoisotopic (exact) mass is 321 g/mol. The van der Waals surface area contributed by atoms with Crippen molar-refractivity contribution in [3.8, 4) is 0 Å². The van der Waals surface area contributed by atoms with Gasteiger partial charge in [-0.15, -0.1) is 22.7 Å². The average molecular weight is 321 g/mol. The van der Waals surface area contributed by atoms with Gasteiger partial charge in [0.2, 0.25) is 0 Å². The number of thiophene rings is 2. The van der Waals surface area contributed by atoms with Gasteiger partial charge in [0, 0.05) is 12.8 Å². The van der Waals surface area contributed by atoms with E-state index < -0.39 is 0 Å². The number of hydrogen-bond acceptors (Lipinski definition) is 5. The van der Waals surface area contributed by atoms with Crippen LogP contribution in [-0.4, -0.2) is 18.1 Å². The first-order valence-electron chi connectivity index (χ1n) is 7.04. The molecule has 0 aromatic carbocycles. The fourth-order valence-corrected chi connectivity index (χ4v) is 3.56. The third-order valence-electron chi connectivity index (χ3n) is 3.48. The van der Waals surface area contributed by atoms with E-state index in [1.807, 2.05) is 35.0 Å². The van der Waals surface area contributed by atoms with Crippen molar-refractivity contribution in [1.29, 1.82) is 0 Å². The van der Waals surface area contributed by atoms with Crippen LogP contribution in [0.4, 0.5) is 0 Å². The maximum atomic E-state index is 12.0. The molecule has 0 aliphatic heterocycles. The Morgan fingerprint density at radius 3 is 1.76 bits per heavy atom. The van der Waals surface area contributed by atoms with Crippen LogP contribution in [0.3, 0.4) is 0 Å². The minimum Gasteiger partial charge on any atom is -0.330 e. The largest absolute Gasteiger partial charge is 0.330 e. The maximum absolute atomic E-state index is 12.0. The Labute approximate surface area is 132 Å². The lowest BCUT2D eigenvalue weighted by atomic mass is 9.95. The van der Waals surface area contributed by atoms with Crippen LogP contribution in [0.15, 0.2) is 35.0 Å². The average Bonchev–Trinajstić information content (AvgIpc) is 3.19. The van der Waals surface area contributed by atoms with Crippen molar-refractivity contribution in [3.63, 3.8) is 0 Å². The van der Waals surface area contributed by atoms with Gasteiger partial charge < -0.3 is 5.73 Å². The topological polar surface area (TPSA) is 60.2 Å². The van der Waals surface area contributed by atoms with Gasteiger partial charge in [-0.2, -0.15) is 0 Å². The number of hydrogen-bond donors (Lipinski definition) is 1. The molecule has 2 aromatic rings. The SMILES string of the molecule is NCC(CCC(=O)c1cccs1)CCC(=O)c1cccs1. The number of nitrogens with two attached hydrogens (primary N) is 1. The van der Waals surface area contributed by atoms with Crippen molar-refractivity contribution in [1.82, 2.24) is 0 Å². The summed E-state index contributed by atoms with van der Waals surface area (Å²) >= 11 is 2.95. The Kier molecular flexibility index (Phi) is 6.29. The van der Waals surface area contributed by atoms with Crippen LogP contribution in [0.5, 0.6) is 0 Å². The summed E-state index contributed by atoms with van der Waals surface area (Å²) in [6, 6.07) is 7.48. The Morgan fingerprint density at radius 1 is 0.952 bits per heavy atom. The summed E-state index contributed by atoms with van der Waals surface area (Å²) in [5, 5.41) is 3.82. The van der Waals surface area contributed by atoms with Crippen LogP contribution in [0.2, 0.25) is 0 Å². The first-order chi connectivity index (χ1) is 10.2. The van der Waals surface area contributed by atoms with E-state index >= 15 is 0 Å². The second-order valence-corrected chi connectivity index (χ2v) is 6.88. The van der Waals surface area contributed by atoms with Crippen LogP contribution < -0.4 is 5.73 Å². The highest BCUT2D eigenvalue weighted by atomic mass is 32.1. The van der Waals surface area contributed by atoms with Crippen molar-refractivity contribution in [2.45, 2.75) is 25.7 Å². The summed E-state index contributed by atoms with van der Waals surface area (Å²) in [4.78, 5) is 25.5. The number of Topliss-reactive ketones (excluding diaryl/α,β-unsaturated/α-hetero) is 2. The predicted octanol–water partition coefficient (Wildman–Crippen LogP) is 4.01. The zero-order valence-corrected chi connectivity index (χ0v) is 13.4. The van der Waals surface area contributed by atoms with E-state index in [4.69, 9.17) is 5.73 Å². The summed E-state index contributed by atoms with van der Waals surface area (Å²) in [7, 11) is 0. The molecule has 2 heterocycles. The van der Waals surface area contributed by atoms with E-state index in [9.17, 15) is 9.59 Å². The molecular formula is C16H19NO2S2. The van der Waals surface area contributed by atoms with Crippen molar-refractivity contribution >= 4 is 34.2 Å². The van der Waals surface area contributed by atoms with E-state index in [0.717, 1.165) is 22.6 Å². The molecule has 0 atom stereocenters. The van der Waals surface area contributed by atoms with Crippen molar-refractivity contribution in [2.24, 2.45) is 11.7 Å². The zero-order valence-electron chi connectivity index (χ0n) is 11.8. The normalized spacial score (nSPS) is 11.0. The highest BCUT2D eigenvalue weighted by molar-refractivity contribution is 7.12. The Hall–Kier alpha value is -1.30. The van der Waals surface area contributed by atoms with Gasteiger partial charge in [0.25, 0.3) is 0 Å². The Bertz CT molecular complexity index is 511. The molecule has 112 valence electrons. The highest BCUT2D eigenvalue weighted by Crippen LogP contribution is 2.19. The van der Waals surface area contributed by atoms with E-state index in [-0.39, 0.29) is 17.5 Å². The zero-order chi connectivity index (χ0) is 15.1. The number of carbonyl (C=O) groups excluding carboxylic acids is 2. The molecule has 0 amide bonds. The molecule has 2 N–H and O–H groups in total. The molecule has 2 aromatic heterocycles. The quantitative estimate of drug-likeness (QED) is 0.710. The van der Waals surface area contributed by atoms with Crippen LogP contribution >= 0.6 is 22.7 Å². The minimum atomic E-state index is 0.174. The molecule has 21 heavy (non-hydrogen) atoms. The summed E-state index contributed by atoms with van der Waals surface area (Å²) < 4.78 is 0. The standard InChI is InChI=1S/C16H19NO2S2/c17-11-12(5-7-13(18)15-3-1-9-20-15)6-8-14(19)16-4-2-10-21-16/h1-4,9-10,12H,5-8,11,17H2. The van der Waals surface area contributed by atoms with Crippen molar-refractivity contribution in [3.05, 3.63) is 44.8 Å². The summed E-state index contributed by atoms with van der Waals surface area (Å²) in [5.74, 6) is 0.582. The second-order valence-electron chi connectivity index (χ2n) is 4.98. The molecule has 3 nitrogen and oxygen atoms in total. The van der Waals surface area contributed by atoms with Gasteiger partial charge in [0.15, 0.2) is 11.6 Å². The number of carbonyl (C=O) groups is 2. The lowest BCUT2D eigenvalue weighted by molar-refractivity contribution is 0.0971. The number of rotatable bonds is 9. The van der Waals surface area contributed by atoms with E-state index in [1.54, 1.807) is 0 Å². The third kappa shape index (κ3) is 4.88. The molecule has 0 bridgehead atoms. The smallest absolute Gasteiger partial charge is 0.172 e. The fourth-order valence-electron chi connectivity index (χ4n) is 2.17. The Morgan fingerprint density at radius 2 is 1.43 bits per heavy atom. The molecule has 0 unspecified atom stereocenters. The molecule has 5 heteroatoms. The minimum absolute atomic E-state index is 0.174. The van der Waals surface area contributed by atoms with Crippen LogP contribution in [0.1, 0.15) is 45.0 Å². The molecule has 0 saturated heterocycles. The molecule has 0 saturated carbocycles. The van der Waals surface area contributed by atoms with E-state index in [0.29, 0.717) is 19.4 Å². The molecule has 0 spiro atoms. The molecule has 0 radical (unpaired) electrons. The second kappa shape index (κ2) is 8.22. The lowest BCUT2D eigenvalue weighted by Gasteiger charge is -2.13. The van der Waals surface area contributed by atoms with Crippen LogP contribution in [0.25, 0.3) is 0 Å². The van der Waals surface area contributed by atoms with E-state index in [2.05, 4.69) is 0 Å². The lowest BCUT2D eigenvalue weighted by Crippen LogP contribution is -2.17. The van der Waals surface area contributed by atoms with Gasteiger partial charge in [-0.25, -0.2) is 0 Å². The van der Waals surface area contributed by atoms with Gasteiger partial charge in [-0.3, -0.25) is 9.59 Å². The Balaban J connectivity index is 1.75. The fraction of sp³-hybridized carbons (Fsp3) is 0.375. The summed E-state index contributed by atoms with van der Waals surface area (Å²) in [5.41, 5.74) is 5.77. The van der Waals surface area contributed by atoms with Crippen molar-refractivity contribution < 1.29 is 9.59 Å². The predicted molar refractivity (Wildman–Crippen MR) is 88.3 cm³/mol. The van der Waals surface area contributed by atoms with Crippen molar-refractivity contribution in [2.75, 3.05) is 6.54 Å². The van der Waals surface area contributed by atoms with Crippen LogP contribution in [-0.2, 0) is 0 Å². The molecular weight excluding hydrogens is 302 g/mol. The molecule has 2 rings (SSSR count). The molecule has 0 fully saturated rings. The van der Waals surface area contributed by atoms with Crippen LogP contribution in [0, 0.1) is 5.92 Å².